The normalized spacial score (nSPS) is 12.9. The Bertz CT molecular complexity index is 543. The van der Waals surface area contributed by atoms with Gasteiger partial charge in [0.15, 0.2) is 0 Å². The van der Waals surface area contributed by atoms with Crippen LogP contribution in [0.1, 0.15) is 26.7 Å². The molecule has 0 heterocycles. The summed E-state index contributed by atoms with van der Waals surface area (Å²) in [5.74, 6) is -0.192. The van der Waals surface area contributed by atoms with Crippen LogP contribution in [-0.4, -0.2) is 25.7 Å². The minimum absolute atomic E-state index is 0.118. The van der Waals surface area contributed by atoms with E-state index in [-0.39, 0.29) is 16.8 Å². The Morgan fingerprint density at radius 3 is 2.40 bits per heavy atom. The van der Waals surface area contributed by atoms with Crippen LogP contribution in [0.4, 0.5) is 5.69 Å². The number of sulfonamides is 1. The van der Waals surface area contributed by atoms with Gasteiger partial charge in [0.05, 0.1) is 4.90 Å². The molecule has 1 aromatic carbocycles. The molecule has 0 bridgehead atoms. The molecule has 0 fully saturated rings. The molecule has 0 saturated heterocycles. The van der Waals surface area contributed by atoms with E-state index in [2.05, 4.69) is 26.0 Å². The first kappa shape index (κ1) is 17.1. The number of halogens is 1. The van der Waals surface area contributed by atoms with Crippen LogP contribution >= 0.6 is 15.9 Å². The molecule has 0 aliphatic rings. The summed E-state index contributed by atoms with van der Waals surface area (Å²) in [6, 6.07) is 5.97. The first-order chi connectivity index (χ1) is 9.35. The number of alkyl halides is 1. The second-order valence-electron chi connectivity index (χ2n) is 4.56. The van der Waals surface area contributed by atoms with Gasteiger partial charge in [0, 0.05) is 24.0 Å². The number of carbonyl (C=O) groups is 1. The molecule has 0 aliphatic heterocycles. The third kappa shape index (κ3) is 5.60. The molecule has 20 heavy (non-hydrogen) atoms. The maximum atomic E-state index is 12.1. The Morgan fingerprint density at radius 2 is 1.90 bits per heavy atom. The molecule has 0 aromatic heterocycles. The number of benzene rings is 1. The van der Waals surface area contributed by atoms with Crippen LogP contribution in [0.15, 0.2) is 29.2 Å². The van der Waals surface area contributed by atoms with Gasteiger partial charge >= 0.3 is 0 Å². The average Bonchev–Trinajstić information content (AvgIpc) is 2.35. The van der Waals surface area contributed by atoms with E-state index >= 15 is 0 Å². The van der Waals surface area contributed by atoms with Crippen LogP contribution in [0.3, 0.4) is 0 Å². The Balaban J connectivity index is 2.74. The first-order valence-electron chi connectivity index (χ1n) is 6.31. The van der Waals surface area contributed by atoms with Gasteiger partial charge in [-0.2, -0.15) is 0 Å². The van der Waals surface area contributed by atoms with Crippen molar-refractivity contribution in [1.82, 2.24) is 4.72 Å². The predicted octanol–water partition coefficient (Wildman–Crippen LogP) is 2.49. The molecular weight excluding hydrogens is 344 g/mol. The van der Waals surface area contributed by atoms with Crippen molar-refractivity contribution in [2.24, 2.45) is 0 Å². The zero-order valence-electron chi connectivity index (χ0n) is 11.5. The molecule has 0 saturated carbocycles. The number of carbonyl (C=O) groups excluding carboxylic acids is 1. The highest BCUT2D eigenvalue weighted by atomic mass is 79.9. The first-order valence-corrected chi connectivity index (χ1v) is 8.91. The van der Waals surface area contributed by atoms with E-state index in [1.165, 1.54) is 19.1 Å². The van der Waals surface area contributed by atoms with E-state index in [0.717, 1.165) is 18.2 Å². The van der Waals surface area contributed by atoms with E-state index in [4.69, 9.17) is 0 Å². The van der Waals surface area contributed by atoms with Gasteiger partial charge in [0.25, 0.3) is 0 Å². The van der Waals surface area contributed by atoms with E-state index in [9.17, 15) is 13.2 Å². The summed E-state index contributed by atoms with van der Waals surface area (Å²) in [4.78, 5) is 11.1. The quantitative estimate of drug-likeness (QED) is 0.731. The lowest BCUT2D eigenvalue weighted by molar-refractivity contribution is -0.114. The van der Waals surface area contributed by atoms with Crippen molar-refractivity contribution >= 4 is 37.5 Å². The topological polar surface area (TPSA) is 75.3 Å². The second-order valence-corrected chi connectivity index (χ2v) is 7.07. The van der Waals surface area contributed by atoms with Crippen LogP contribution in [0.5, 0.6) is 0 Å². The van der Waals surface area contributed by atoms with Crippen molar-refractivity contribution in [2.45, 2.75) is 37.6 Å². The summed E-state index contributed by atoms with van der Waals surface area (Å²) < 4.78 is 26.9. The number of hydrogen-bond acceptors (Lipinski definition) is 3. The molecule has 0 spiro atoms. The molecule has 1 atom stereocenters. The SMILES string of the molecule is CC(=O)Nc1ccc(S(=O)(=O)NC(C)CCCBr)cc1. The Morgan fingerprint density at radius 1 is 1.30 bits per heavy atom. The number of anilines is 1. The van der Waals surface area contributed by atoms with Crippen molar-refractivity contribution in [2.75, 3.05) is 10.6 Å². The standard InChI is InChI=1S/C13H19BrN2O3S/c1-10(4-3-9-14)16-20(18,19)13-7-5-12(6-8-13)15-11(2)17/h5-8,10,16H,3-4,9H2,1-2H3,(H,15,17). The lowest BCUT2D eigenvalue weighted by Gasteiger charge is -2.14. The molecule has 0 aliphatic carbocycles. The Labute approximate surface area is 128 Å². The lowest BCUT2D eigenvalue weighted by atomic mass is 10.2. The second kappa shape index (κ2) is 7.75. The van der Waals surface area contributed by atoms with Gasteiger partial charge in [-0.1, -0.05) is 15.9 Å². The van der Waals surface area contributed by atoms with Gasteiger partial charge in [-0.25, -0.2) is 13.1 Å². The fourth-order valence-corrected chi connectivity index (χ4v) is 3.30. The zero-order valence-corrected chi connectivity index (χ0v) is 13.9. The van der Waals surface area contributed by atoms with E-state index in [0.29, 0.717) is 5.69 Å². The summed E-state index contributed by atoms with van der Waals surface area (Å²) in [5, 5.41) is 3.44. The van der Waals surface area contributed by atoms with Crippen molar-refractivity contribution in [1.29, 1.82) is 0 Å². The summed E-state index contributed by atoms with van der Waals surface area (Å²) >= 11 is 3.32. The van der Waals surface area contributed by atoms with Gasteiger partial charge in [0.1, 0.15) is 0 Å². The molecule has 2 N–H and O–H groups in total. The number of amides is 1. The predicted molar refractivity (Wildman–Crippen MR) is 83.6 cm³/mol. The number of rotatable bonds is 7. The Hall–Kier alpha value is -0.920. The van der Waals surface area contributed by atoms with Gasteiger partial charge in [-0.15, -0.1) is 0 Å². The van der Waals surface area contributed by atoms with E-state index < -0.39 is 10.0 Å². The van der Waals surface area contributed by atoms with Gasteiger partial charge in [-0.3, -0.25) is 4.79 Å². The van der Waals surface area contributed by atoms with Crippen LogP contribution in [0, 0.1) is 0 Å². The number of hydrogen-bond donors (Lipinski definition) is 2. The summed E-state index contributed by atoms with van der Waals surface area (Å²) in [7, 11) is -3.51. The van der Waals surface area contributed by atoms with Crippen molar-refractivity contribution in [3.05, 3.63) is 24.3 Å². The monoisotopic (exact) mass is 362 g/mol. The van der Waals surface area contributed by atoms with E-state index in [1.54, 1.807) is 12.1 Å². The number of nitrogens with one attached hydrogen (secondary N) is 2. The zero-order chi connectivity index (χ0) is 15.2. The molecular formula is C13H19BrN2O3S. The maximum Gasteiger partial charge on any atom is 0.240 e. The van der Waals surface area contributed by atoms with Crippen LogP contribution in [0.2, 0.25) is 0 Å². The van der Waals surface area contributed by atoms with Gasteiger partial charge in [0.2, 0.25) is 15.9 Å². The maximum absolute atomic E-state index is 12.1. The summed E-state index contributed by atoms with van der Waals surface area (Å²) in [5.41, 5.74) is 0.573. The third-order valence-electron chi connectivity index (χ3n) is 2.61. The fraction of sp³-hybridized carbons (Fsp3) is 0.462. The van der Waals surface area contributed by atoms with Crippen LogP contribution < -0.4 is 10.0 Å². The van der Waals surface area contributed by atoms with Crippen LogP contribution in [0.25, 0.3) is 0 Å². The highest BCUT2D eigenvalue weighted by Gasteiger charge is 2.16. The highest BCUT2D eigenvalue weighted by Crippen LogP contribution is 2.15. The van der Waals surface area contributed by atoms with Gasteiger partial charge < -0.3 is 5.32 Å². The molecule has 1 aromatic rings. The summed E-state index contributed by atoms with van der Waals surface area (Å²) in [6.45, 7) is 3.24. The van der Waals surface area contributed by atoms with Crippen molar-refractivity contribution < 1.29 is 13.2 Å². The van der Waals surface area contributed by atoms with E-state index in [1.807, 2.05) is 6.92 Å². The highest BCUT2D eigenvalue weighted by molar-refractivity contribution is 9.09. The fourth-order valence-electron chi connectivity index (χ4n) is 1.70. The summed E-state index contributed by atoms with van der Waals surface area (Å²) in [6.07, 6.45) is 1.68. The largest absolute Gasteiger partial charge is 0.326 e. The molecule has 1 rings (SSSR count). The van der Waals surface area contributed by atoms with Crippen LogP contribution in [-0.2, 0) is 14.8 Å². The third-order valence-corrected chi connectivity index (χ3v) is 4.78. The minimum atomic E-state index is -3.51. The average molecular weight is 363 g/mol. The molecule has 1 amide bonds. The van der Waals surface area contributed by atoms with Crippen molar-refractivity contribution in [3.8, 4) is 0 Å². The lowest BCUT2D eigenvalue weighted by Crippen LogP contribution is -2.32. The molecule has 112 valence electrons. The molecule has 0 radical (unpaired) electrons. The minimum Gasteiger partial charge on any atom is -0.326 e. The smallest absolute Gasteiger partial charge is 0.240 e. The molecule has 5 nitrogen and oxygen atoms in total. The van der Waals surface area contributed by atoms with Gasteiger partial charge in [-0.05, 0) is 44.0 Å². The molecule has 1 unspecified atom stereocenters. The molecule has 7 heteroatoms. The van der Waals surface area contributed by atoms with Crippen molar-refractivity contribution in [3.63, 3.8) is 0 Å². The Kier molecular flexibility index (Phi) is 6.64.